The molecule has 0 radical (unpaired) electrons. The van der Waals surface area contributed by atoms with Crippen molar-refractivity contribution in [1.29, 1.82) is 0 Å². The summed E-state index contributed by atoms with van der Waals surface area (Å²) in [5, 5.41) is 7.30. The highest BCUT2D eigenvalue weighted by Gasteiger charge is 2.36. The zero-order valence-electron chi connectivity index (χ0n) is 12.3. The topological polar surface area (TPSA) is 36.5 Å². The Bertz CT molecular complexity index is 282. The fraction of sp³-hybridized carbons (Fsp3) is 1.00. The quantitative estimate of drug-likeness (QED) is 0.747. The summed E-state index contributed by atoms with van der Waals surface area (Å²) in [6, 6.07) is 1.64. The van der Waals surface area contributed by atoms with Gasteiger partial charge in [-0.15, -0.1) is 0 Å². The first-order valence-electron chi connectivity index (χ1n) is 7.98. The van der Waals surface area contributed by atoms with Crippen LogP contribution < -0.4 is 10.6 Å². The Labute approximate surface area is 117 Å². The Morgan fingerprint density at radius 1 is 1.26 bits per heavy atom. The number of nitrogens with one attached hydrogen (secondary N) is 2. The molecule has 3 fully saturated rings. The number of hydrogen-bond acceptors (Lipinski definition) is 4. The molecule has 2 aliphatic heterocycles. The minimum Gasteiger partial charge on any atom is -0.384 e. The van der Waals surface area contributed by atoms with Crippen LogP contribution in [0.15, 0.2) is 0 Å². The Morgan fingerprint density at radius 3 is 2.74 bits per heavy atom. The third kappa shape index (κ3) is 3.48. The number of likely N-dealkylation sites (tertiary alicyclic amines) is 1. The van der Waals surface area contributed by atoms with Gasteiger partial charge in [-0.2, -0.15) is 0 Å². The molecule has 0 amide bonds. The molecule has 2 saturated heterocycles. The van der Waals surface area contributed by atoms with Crippen molar-refractivity contribution in [2.24, 2.45) is 5.41 Å². The van der Waals surface area contributed by atoms with Gasteiger partial charge in [-0.1, -0.05) is 0 Å². The number of methoxy groups -OCH3 is 1. The van der Waals surface area contributed by atoms with E-state index in [1.54, 1.807) is 0 Å². The van der Waals surface area contributed by atoms with Crippen LogP contribution in [0.5, 0.6) is 0 Å². The monoisotopic (exact) mass is 267 g/mol. The first-order chi connectivity index (χ1) is 9.31. The average Bonchev–Trinajstić information content (AvgIpc) is 3.17. The summed E-state index contributed by atoms with van der Waals surface area (Å²) < 4.78 is 5.49. The third-order valence-electron chi connectivity index (χ3n) is 5.16. The zero-order chi connectivity index (χ0) is 13.1. The lowest BCUT2D eigenvalue weighted by Gasteiger charge is -2.38. The van der Waals surface area contributed by atoms with Crippen LogP contribution in [0.3, 0.4) is 0 Å². The minimum absolute atomic E-state index is 0.368. The maximum absolute atomic E-state index is 5.49. The average molecular weight is 267 g/mol. The SMILES string of the molecule is COCC1(CNC2CCN(C3CC3)C2)CCNCC1. The molecule has 1 saturated carbocycles. The first-order valence-corrected chi connectivity index (χ1v) is 7.98. The molecule has 0 aromatic rings. The van der Waals surface area contributed by atoms with E-state index in [1.165, 1.54) is 45.2 Å². The molecule has 0 aromatic carbocycles. The van der Waals surface area contributed by atoms with Gasteiger partial charge in [0.15, 0.2) is 0 Å². The van der Waals surface area contributed by atoms with Crippen LogP contribution in [0.2, 0.25) is 0 Å². The summed E-state index contributed by atoms with van der Waals surface area (Å²) in [6.07, 6.45) is 6.69. The lowest BCUT2D eigenvalue weighted by Crippen LogP contribution is -2.48. The largest absolute Gasteiger partial charge is 0.384 e. The van der Waals surface area contributed by atoms with Crippen molar-refractivity contribution < 1.29 is 4.74 Å². The van der Waals surface area contributed by atoms with E-state index in [1.807, 2.05) is 7.11 Å². The van der Waals surface area contributed by atoms with E-state index in [-0.39, 0.29) is 0 Å². The van der Waals surface area contributed by atoms with Gasteiger partial charge in [-0.05, 0) is 45.2 Å². The van der Waals surface area contributed by atoms with Crippen molar-refractivity contribution in [3.8, 4) is 0 Å². The van der Waals surface area contributed by atoms with Gasteiger partial charge in [0.1, 0.15) is 0 Å². The van der Waals surface area contributed by atoms with E-state index in [0.717, 1.165) is 32.3 Å². The molecular weight excluding hydrogens is 238 g/mol. The zero-order valence-corrected chi connectivity index (χ0v) is 12.3. The number of ether oxygens (including phenoxy) is 1. The second-order valence-electron chi connectivity index (χ2n) is 6.78. The molecule has 4 heteroatoms. The van der Waals surface area contributed by atoms with Crippen LogP contribution in [-0.4, -0.2) is 63.4 Å². The number of rotatable bonds is 6. The summed E-state index contributed by atoms with van der Waals surface area (Å²) in [5.41, 5.74) is 0.368. The molecule has 1 aliphatic carbocycles. The van der Waals surface area contributed by atoms with Gasteiger partial charge >= 0.3 is 0 Å². The standard InChI is InChI=1S/C15H29N3O/c1-19-12-15(5-7-16-8-6-15)11-17-13-4-9-18(10-13)14-2-3-14/h13-14,16-17H,2-12H2,1H3. The van der Waals surface area contributed by atoms with Crippen molar-refractivity contribution in [1.82, 2.24) is 15.5 Å². The molecule has 4 nitrogen and oxygen atoms in total. The maximum atomic E-state index is 5.49. The Kier molecular flexibility index (Phi) is 4.42. The molecule has 1 atom stereocenters. The van der Waals surface area contributed by atoms with Gasteiger partial charge in [0.25, 0.3) is 0 Å². The van der Waals surface area contributed by atoms with E-state index in [2.05, 4.69) is 15.5 Å². The van der Waals surface area contributed by atoms with E-state index >= 15 is 0 Å². The van der Waals surface area contributed by atoms with E-state index in [4.69, 9.17) is 4.74 Å². The summed E-state index contributed by atoms with van der Waals surface area (Å²) in [5.74, 6) is 0. The first kappa shape index (κ1) is 13.8. The van der Waals surface area contributed by atoms with Gasteiger partial charge in [0.2, 0.25) is 0 Å². The van der Waals surface area contributed by atoms with Crippen molar-refractivity contribution in [2.45, 2.75) is 44.2 Å². The van der Waals surface area contributed by atoms with Gasteiger partial charge in [0.05, 0.1) is 6.61 Å². The number of piperidine rings is 1. The molecule has 110 valence electrons. The second-order valence-corrected chi connectivity index (χ2v) is 6.78. The van der Waals surface area contributed by atoms with E-state index in [0.29, 0.717) is 11.5 Å². The Hall–Kier alpha value is -0.160. The molecule has 0 spiro atoms. The maximum Gasteiger partial charge on any atom is 0.0531 e. The summed E-state index contributed by atoms with van der Waals surface area (Å²) >= 11 is 0. The highest BCUT2D eigenvalue weighted by Crippen LogP contribution is 2.31. The van der Waals surface area contributed by atoms with Crippen molar-refractivity contribution >= 4 is 0 Å². The Balaban J connectivity index is 1.46. The van der Waals surface area contributed by atoms with E-state index in [9.17, 15) is 0 Å². The van der Waals surface area contributed by atoms with Gasteiger partial charge < -0.3 is 15.4 Å². The van der Waals surface area contributed by atoms with Crippen LogP contribution in [0.1, 0.15) is 32.1 Å². The third-order valence-corrected chi connectivity index (χ3v) is 5.16. The molecule has 0 bridgehead atoms. The molecule has 3 rings (SSSR count). The molecule has 0 aromatic heterocycles. The summed E-state index contributed by atoms with van der Waals surface area (Å²) in [4.78, 5) is 2.68. The molecule has 19 heavy (non-hydrogen) atoms. The van der Waals surface area contributed by atoms with Crippen LogP contribution >= 0.6 is 0 Å². The lowest BCUT2D eigenvalue weighted by molar-refractivity contribution is 0.0516. The molecule has 2 N–H and O–H groups in total. The van der Waals surface area contributed by atoms with Crippen LogP contribution in [0.4, 0.5) is 0 Å². The predicted octanol–water partition coefficient (Wildman–Crippen LogP) is 0.829. The van der Waals surface area contributed by atoms with Crippen LogP contribution in [-0.2, 0) is 4.74 Å². The highest BCUT2D eigenvalue weighted by atomic mass is 16.5. The van der Waals surface area contributed by atoms with Crippen LogP contribution in [0, 0.1) is 5.41 Å². The van der Waals surface area contributed by atoms with Crippen molar-refractivity contribution in [3.05, 3.63) is 0 Å². The molecular formula is C15H29N3O. The highest BCUT2D eigenvalue weighted by molar-refractivity contribution is 4.94. The Morgan fingerprint density at radius 2 is 2.05 bits per heavy atom. The van der Waals surface area contributed by atoms with Gasteiger partial charge in [0, 0.05) is 44.2 Å². The fourth-order valence-electron chi connectivity index (χ4n) is 3.72. The lowest BCUT2D eigenvalue weighted by atomic mass is 9.79. The summed E-state index contributed by atoms with van der Waals surface area (Å²) in [7, 11) is 1.84. The number of nitrogens with zero attached hydrogens (tertiary/aromatic N) is 1. The normalized spacial score (nSPS) is 31.7. The number of hydrogen-bond donors (Lipinski definition) is 2. The molecule has 3 aliphatic rings. The smallest absolute Gasteiger partial charge is 0.0531 e. The van der Waals surface area contributed by atoms with Gasteiger partial charge in [-0.25, -0.2) is 0 Å². The van der Waals surface area contributed by atoms with E-state index < -0.39 is 0 Å². The molecule has 2 heterocycles. The fourth-order valence-corrected chi connectivity index (χ4v) is 3.72. The van der Waals surface area contributed by atoms with Crippen molar-refractivity contribution in [3.63, 3.8) is 0 Å². The molecule has 1 unspecified atom stereocenters. The summed E-state index contributed by atoms with van der Waals surface area (Å²) in [6.45, 7) is 6.90. The second kappa shape index (κ2) is 6.08. The minimum atomic E-state index is 0.368. The van der Waals surface area contributed by atoms with Crippen molar-refractivity contribution in [2.75, 3.05) is 46.4 Å². The van der Waals surface area contributed by atoms with Gasteiger partial charge in [-0.3, -0.25) is 4.90 Å². The van der Waals surface area contributed by atoms with Crippen LogP contribution in [0.25, 0.3) is 0 Å². The predicted molar refractivity (Wildman–Crippen MR) is 77.4 cm³/mol.